The molecule has 96 valence electrons. The largest absolute Gasteiger partial charge is 0.383 e. The highest BCUT2D eigenvalue weighted by atomic mass is 19.1. The average molecular weight is 239 g/mol. The topological polar surface area (TPSA) is 21.3 Å². The molecule has 17 heavy (non-hydrogen) atoms. The van der Waals surface area contributed by atoms with E-state index in [0.717, 1.165) is 5.56 Å². The first-order valence-electron chi connectivity index (χ1n) is 6.05. The Morgan fingerprint density at radius 3 is 2.53 bits per heavy atom. The first-order chi connectivity index (χ1) is 8.04. The van der Waals surface area contributed by atoms with Crippen molar-refractivity contribution in [3.05, 3.63) is 35.6 Å². The predicted octanol–water partition coefficient (Wildman–Crippen LogP) is 3.15. The Hall–Kier alpha value is -0.930. The summed E-state index contributed by atoms with van der Waals surface area (Å²) in [6.45, 7) is 7.00. The molecule has 2 atom stereocenters. The zero-order valence-corrected chi connectivity index (χ0v) is 11.0. The fraction of sp³-hybridized carbons (Fsp3) is 0.571. The first kappa shape index (κ1) is 14.1. The summed E-state index contributed by atoms with van der Waals surface area (Å²) >= 11 is 0. The SMILES string of the molecule is COCC(N[C@@H](C)c1cccc(F)c1)C(C)C. The Morgan fingerprint density at radius 2 is 2.00 bits per heavy atom. The van der Waals surface area contributed by atoms with Gasteiger partial charge in [0, 0.05) is 19.2 Å². The molecule has 0 bridgehead atoms. The second-order valence-corrected chi connectivity index (χ2v) is 4.75. The lowest BCUT2D eigenvalue weighted by Crippen LogP contribution is -2.39. The van der Waals surface area contributed by atoms with E-state index in [1.54, 1.807) is 19.2 Å². The number of hydrogen-bond donors (Lipinski definition) is 1. The molecule has 0 saturated carbocycles. The van der Waals surface area contributed by atoms with Crippen LogP contribution in [0.4, 0.5) is 4.39 Å². The maximum absolute atomic E-state index is 13.1. The molecule has 0 radical (unpaired) electrons. The summed E-state index contributed by atoms with van der Waals surface area (Å²) in [7, 11) is 1.70. The van der Waals surface area contributed by atoms with Crippen LogP contribution in [0.25, 0.3) is 0 Å². The third kappa shape index (κ3) is 4.44. The molecule has 0 fully saturated rings. The number of methoxy groups -OCH3 is 1. The number of halogens is 1. The maximum Gasteiger partial charge on any atom is 0.123 e. The molecule has 0 amide bonds. The molecular weight excluding hydrogens is 217 g/mol. The van der Waals surface area contributed by atoms with Crippen LogP contribution < -0.4 is 5.32 Å². The van der Waals surface area contributed by atoms with Crippen molar-refractivity contribution in [2.75, 3.05) is 13.7 Å². The molecule has 0 heterocycles. The van der Waals surface area contributed by atoms with Gasteiger partial charge in [-0.25, -0.2) is 4.39 Å². The molecule has 0 spiro atoms. The van der Waals surface area contributed by atoms with Gasteiger partial charge in [-0.15, -0.1) is 0 Å². The summed E-state index contributed by atoms with van der Waals surface area (Å²) in [4.78, 5) is 0. The van der Waals surface area contributed by atoms with Crippen LogP contribution in [0.5, 0.6) is 0 Å². The monoisotopic (exact) mass is 239 g/mol. The summed E-state index contributed by atoms with van der Waals surface area (Å²) in [5.74, 6) is 0.287. The number of hydrogen-bond acceptors (Lipinski definition) is 2. The summed E-state index contributed by atoms with van der Waals surface area (Å²) in [5, 5.41) is 3.47. The lowest BCUT2D eigenvalue weighted by Gasteiger charge is -2.26. The number of rotatable bonds is 6. The molecule has 1 N–H and O–H groups in total. The third-order valence-corrected chi connectivity index (χ3v) is 2.96. The molecule has 1 aromatic rings. The second-order valence-electron chi connectivity index (χ2n) is 4.75. The Morgan fingerprint density at radius 1 is 1.29 bits per heavy atom. The quantitative estimate of drug-likeness (QED) is 0.823. The number of ether oxygens (including phenoxy) is 1. The van der Waals surface area contributed by atoms with Crippen molar-refractivity contribution in [1.29, 1.82) is 0 Å². The van der Waals surface area contributed by atoms with Crippen molar-refractivity contribution in [3.8, 4) is 0 Å². The number of nitrogens with one attached hydrogen (secondary N) is 1. The van der Waals surface area contributed by atoms with Crippen molar-refractivity contribution < 1.29 is 9.13 Å². The molecule has 0 aromatic heterocycles. The van der Waals surface area contributed by atoms with Crippen molar-refractivity contribution in [2.45, 2.75) is 32.9 Å². The second kappa shape index (κ2) is 6.72. The zero-order valence-electron chi connectivity index (χ0n) is 11.0. The van der Waals surface area contributed by atoms with E-state index < -0.39 is 0 Å². The van der Waals surface area contributed by atoms with Gasteiger partial charge in [-0.1, -0.05) is 26.0 Å². The van der Waals surface area contributed by atoms with Gasteiger partial charge >= 0.3 is 0 Å². The Kier molecular flexibility index (Phi) is 5.59. The van der Waals surface area contributed by atoms with E-state index in [1.165, 1.54) is 6.07 Å². The predicted molar refractivity (Wildman–Crippen MR) is 68.5 cm³/mol. The van der Waals surface area contributed by atoms with E-state index in [2.05, 4.69) is 19.2 Å². The molecule has 0 saturated heterocycles. The standard InChI is InChI=1S/C14H22FNO/c1-10(2)14(9-17-4)16-11(3)12-6-5-7-13(15)8-12/h5-8,10-11,14,16H,9H2,1-4H3/t11-,14?/m0/s1. The highest BCUT2D eigenvalue weighted by Gasteiger charge is 2.16. The van der Waals surface area contributed by atoms with E-state index >= 15 is 0 Å². The fourth-order valence-corrected chi connectivity index (χ4v) is 1.81. The first-order valence-corrected chi connectivity index (χ1v) is 6.05. The third-order valence-electron chi connectivity index (χ3n) is 2.96. The minimum Gasteiger partial charge on any atom is -0.383 e. The summed E-state index contributed by atoms with van der Waals surface area (Å²) in [5.41, 5.74) is 0.965. The molecule has 3 heteroatoms. The van der Waals surface area contributed by atoms with Crippen molar-refractivity contribution in [3.63, 3.8) is 0 Å². The van der Waals surface area contributed by atoms with Gasteiger partial charge in [0.15, 0.2) is 0 Å². The van der Waals surface area contributed by atoms with Gasteiger partial charge in [-0.2, -0.15) is 0 Å². The zero-order chi connectivity index (χ0) is 12.8. The minimum absolute atomic E-state index is 0.119. The van der Waals surface area contributed by atoms with Crippen LogP contribution in [-0.4, -0.2) is 19.8 Å². The average Bonchev–Trinajstić information content (AvgIpc) is 2.28. The van der Waals surface area contributed by atoms with Gasteiger partial charge in [0.1, 0.15) is 5.82 Å². The highest BCUT2D eigenvalue weighted by Crippen LogP contribution is 2.16. The van der Waals surface area contributed by atoms with Crippen LogP contribution in [0, 0.1) is 11.7 Å². The van der Waals surface area contributed by atoms with Gasteiger partial charge in [-0.05, 0) is 30.5 Å². The normalized spacial score (nSPS) is 14.9. The lowest BCUT2D eigenvalue weighted by molar-refractivity contribution is 0.141. The fourth-order valence-electron chi connectivity index (χ4n) is 1.81. The van der Waals surface area contributed by atoms with E-state index in [4.69, 9.17) is 4.74 Å². The smallest absolute Gasteiger partial charge is 0.123 e. The van der Waals surface area contributed by atoms with Gasteiger partial charge in [-0.3, -0.25) is 0 Å². The van der Waals surface area contributed by atoms with Crippen LogP contribution in [0.3, 0.4) is 0 Å². The van der Waals surface area contributed by atoms with Crippen LogP contribution >= 0.6 is 0 Å². The molecule has 0 aliphatic carbocycles. The van der Waals surface area contributed by atoms with Gasteiger partial charge < -0.3 is 10.1 Å². The van der Waals surface area contributed by atoms with Crippen molar-refractivity contribution >= 4 is 0 Å². The Balaban J connectivity index is 2.66. The molecule has 1 rings (SSSR count). The molecule has 0 aliphatic rings. The molecule has 2 nitrogen and oxygen atoms in total. The summed E-state index contributed by atoms with van der Waals surface area (Å²) in [6, 6.07) is 7.10. The minimum atomic E-state index is -0.191. The van der Waals surface area contributed by atoms with Gasteiger partial charge in [0.25, 0.3) is 0 Å². The molecule has 1 aromatic carbocycles. The lowest BCUT2D eigenvalue weighted by atomic mass is 10.0. The summed E-state index contributed by atoms with van der Waals surface area (Å²) < 4.78 is 18.3. The van der Waals surface area contributed by atoms with Gasteiger partial charge in [0.05, 0.1) is 6.61 Å². The van der Waals surface area contributed by atoms with Crippen molar-refractivity contribution in [2.24, 2.45) is 5.92 Å². The maximum atomic E-state index is 13.1. The van der Waals surface area contributed by atoms with Gasteiger partial charge in [0.2, 0.25) is 0 Å². The van der Waals surface area contributed by atoms with Crippen LogP contribution in [0.1, 0.15) is 32.4 Å². The summed E-state index contributed by atoms with van der Waals surface area (Å²) in [6.07, 6.45) is 0. The Labute approximate surface area is 103 Å². The van der Waals surface area contributed by atoms with E-state index in [0.29, 0.717) is 12.5 Å². The van der Waals surface area contributed by atoms with E-state index in [1.807, 2.05) is 13.0 Å². The molecule has 0 aliphatic heterocycles. The van der Waals surface area contributed by atoms with Crippen LogP contribution in [0.2, 0.25) is 0 Å². The molecule has 1 unspecified atom stereocenters. The highest BCUT2D eigenvalue weighted by molar-refractivity contribution is 5.19. The van der Waals surface area contributed by atoms with E-state index in [-0.39, 0.29) is 17.9 Å². The van der Waals surface area contributed by atoms with Crippen molar-refractivity contribution in [1.82, 2.24) is 5.32 Å². The number of benzene rings is 1. The van der Waals surface area contributed by atoms with E-state index in [9.17, 15) is 4.39 Å². The Bertz CT molecular complexity index is 341. The molecular formula is C14H22FNO. The van der Waals surface area contributed by atoms with Crippen LogP contribution in [-0.2, 0) is 4.74 Å². The van der Waals surface area contributed by atoms with Crippen LogP contribution in [0.15, 0.2) is 24.3 Å².